The van der Waals surface area contributed by atoms with Crippen LogP contribution in [0.2, 0.25) is 0 Å². The maximum Gasteiger partial charge on any atom is 0.217 e. The summed E-state index contributed by atoms with van der Waals surface area (Å²) in [7, 11) is 0. The summed E-state index contributed by atoms with van der Waals surface area (Å²) in [5.41, 5.74) is 0. The van der Waals surface area contributed by atoms with E-state index in [9.17, 15) is 4.79 Å². The van der Waals surface area contributed by atoms with E-state index in [1.54, 1.807) is 6.92 Å². The number of amides is 1. The molecule has 0 aromatic carbocycles. The Kier molecular flexibility index (Phi) is 4.47. The van der Waals surface area contributed by atoms with Crippen molar-refractivity contribution in [1.29, 1.82) is 0 Å². The largest absolute Gasteiger partial charge is 0.353 e. The number of allylic oxidation sites excluding steroid dienone is 2. The van der Waals surface area contributed by atoms with Crippen molar-refractivity contribution in [1.82, 2.24) is 5.32 Å². The third-order valence-corrected chi connectivity index (χ3v) is 4.98. The van der Waals surface area contributed by atoms with E-state index >= 15 is 0 Å². The summed E-state index contributed by atoms with van der Waals surface area (Å²) in [6.07, 6.45) is 11.0. The first-order valence-corrected chi connectivity index (χ1v) is 7.59. The minimum atomic E-state index is 0.137. The molecule has 0 heterocycles. The van der Waals surface area contributed by atoms with Crippen molar-refractivity contribution >= 4 is 5.91 Å². The van der Waals surface area contributed by atoms with E-state index in [1.165, 1.54) is 25.7 Å². The van der Waals surface area contributed by atoms with Gasteiger partial charge in [0.2, 0.25) is 5.91 Å². The fraction of sp³-hybridized carbons (Fsp3) is 0.812. The summed E-state index contributed by atoms with van der Waals surface area (Å²) in [4.78, 5) is 11.4. The smallest absolute Gasteiger partial charge is 0.217 e. The van der Waals surface area contributed by atoms with Gasteiger partial charge in [0.05, 0.1) is 0 Å². The van der Waals surface area contributed by atoms with Crippen LogP contribution < -0.4 is 5.32 Å². The highest BCUT2D eigenvalue weighted by molar-refractivity contribution is 5.73. The van der Waals surface area contributed by atoms with Crippen LogP contribution in [0.5, 0.6) is 0 Å². The molecule has 0 radical (unpaired) electrons. The second-order valence-corrected chi connectivity index (χ2v) is 6.17. The first-order valence-electron chi connectivity index (χ1n) is 7.59. The first-order chi connectivity index (χ1) is 8.63. The number of carbonyl (C=O) groups excluding carboxylic acids is 1. The molecule has 2 aliphatic rings. The third kappa shape index (κ3) is 2.96. The maximum atomic E-state index is 11.4. The van der Waals surface area contributed by atoms with Crippen molar-refractivity contribution in [2.24, 2.45) is 23.7 Å². The molecule has 18 heavy (non-hydrogen) atoms. The van der Waals surface area contributed by atoms with Crippen molar-refractivity contribution in [2.75, 3.05) is 0 Å². The van der Waals surface area contributed by atoms with Crippen LogP contribution in [0.15, 0.2) is 12.2 Å². The Hall–Kier alpha value is -0.790. The molecule has 0 aliphatic heterocycles. The average molecular weight is 249 g/mol. The Morgan fingerprint density at radius 2 is 2.00 bits per heavy atom. The monoisotopic (exact) mass is 249 g/mol. The van der Waals surface area contributed by atoms with Gasteiger partial charge in [-0.15, -0.1) is 0 Å². The van der Waals surface area contributed by atoms with Gasteiger partial charge in [-0.05, 0) is 42.9 Å². The van der Waals surface area contributed by atoms with Crippen LogP contribution >= 0.6 is 0 Å². The Morgan fingerprint density at radius 1 is 1.28 bits per heavy atom. The van der Waals surface area contributed by atoms with E-state index < -0.39 is 0 Å². The van der Waals surface area contributed by atoms with Gasteiger partial charge in [-0.25, -0.2) is 0 Å². The van der Waals surface area contributed by atoms with Gasteiger partial charge in [0.15, 0.2) is 0 Å². The average Bonchev–Trinajstić information content (AvgIpc) is 2.96. The lowest BCUT2D eigenvalue weighted by Gasteiger charge is -2.31. The molecule has 102 valence electrons. The summed E-state index contributed by atoms with van der Waals surface area (Å²) in [6, 6.07) is 0.396. The number of hydrogen-bond donors (Lipinski definition) is 1. The third-order valence-electron chi connectivity index (χ3n) is 4.98. The van der Waals surface area contributed by atoms with Crippen molar-refractivity contribution < 1.29 is 4.79 Å². The topological polar surface area (TPSA) is 29.1 Å². The predicted octanol–water partition coefficient (Wildman–Crippen LogP) is 3.53. The molecular weight excluding hydrogens is 222 g/mol. The zero-order chi connectivity index (χ0) is 13.1. The van der Waals surface area contributed by atoms with Gasteiger partial charge in [0.1, 0.15) is 0 Å². The molecule has 2 heteroatoms. The molecule has 0 saturated heterocycles. The van der Waals surface area contributed by atoms with Crippen LogP contribution in [0.25, 0.3) is 0 Å². The zero-order valence-electron chi connectivity index (χ0n) is 12.0. The van der Waals surface area contributed by atoms with Gasteiger partial charge in [0.25, 0.3) is 0 Å². The molecular formula is C16H27NO. The molecule has 2 aliphatic carbocycles. The van der Waals surface area contributed by atoms with Crippen LogP contribution in [0.1, 0.15) is 52.9 Å². The molecule has 0 aromatic heterocycles. The highest BCUT2D eigenvalue weighted by Gasteiger charge is 2.40. The van der Waals surface area contributed by atoms with Gasteiger partial charge in [-0.3, -0.25) is 4.79 Å². The standard InChI is InChI=1S/C16H27NO/c1-4-12(5-2)10-16(17-11(3)18)15-9-13-6-7-14(15)8-13/h6-7,12-16H,4-5,8-10H2,1-3H3,(H,17,18)/t13?,14?,15-,16+/m1/s1. The molecule has 4 atom stereocenters. The summed E-state index contributed by atoms with van der Waals surface area (Å²) in [5, 5.41) is 3.23. The van der Waals surface area contributed by atoms with E-state index in [2.05, 4.69) is 31.3 Å². The van der Waals surface area contributed by atoms with E-state index in [1.807, 2.05) is 0 Å². The number of carbonyl (C=O) groups is 1. The van der Waals surface area contributed by atoms with E-state index in [-0.39, 0.29) is 5.91 Å². The molecule has 2 bridgehead atoms. The quantitative estimate of drug-likeness (QED) is 0.717. The molecule has 0 aromatic rings. The van der Waals surface area contributed by atoms with Gasteiger partial charge in [-0.2, -0.15) is 0 Å². The minimum Gasteiger partial charge on any atom is -0.353 e. The number of fused-ring (bicyclic) bond motifs is 2. The molecule has 1 fully saturated rings. The second kappa shape index (κ2) is 5.90. The number of hydrogen-bond acceptors (Lipinski definition) is 1. The molecule has 2 nitrogen and oxygen atoms in total. The molecule has 0 spiro atoms. The summed E-state index contributed by atoms with van der Waals surface area (Å²) < 4.78 is 0. The van der Waals surface area contributed by atoms with Crippen LogP contribution in [0.4, 0.5) is 0 Å². The van der Waals surface area contributed by atoms with Gasteiger partial charge >= 0.3 is 0 Å². The lowest BCUT2D eigenvalue weighted by atomic mass is 9.81. The zero-order valence-corrected chi connectivity index (χ0v) is 12.0. The SMILES string of the molecule is CCC(CC)C[C@H](NC(C)=O)[C@@H]1CC2C=CC1C2. The lowest BCUT2D eigenvalue weighted by molar-refractivity contribution is -0.120. The summed E-state index contributed by atoms with van der Waals surface area (Å²) >= 11 is 0. The summed E-state index contributed by atoms with van der Waals surface area (Å²) in [5.74, 6) is 3.09. The van der Waals surface area contributed by atoms with Gasteiger partial charge in [-0.1, -0.05) is 38.8 Å². The Balaban J connectivity index is 2.00. The van der Waals surface area contributed by atoms with Crippen LogP contribution in [-0.4, -0.2) is 11.9 Å². The van der Waals surface area contributed by atoms with E-state index in [0.29, 0.717) is 12.0 Å². The van der Waals surface area contributed by atoms with Crippen LogP contribution in [0.3, 0.4) is 0 Å². The Labute approximate surface area is 111 Å². The van der Waals surface area contributed by atoms with Crippen LogP contribution in [-0.2, 0) is 4.79 Å². The minimum absolute atomic E-state index is 0.137. The fourth-order valence-corrected chi connectivity index (χ4v) is 3.87. The van der Waals surface area contributed by atoms with Crippen molar-refractivity contribution in [3.05, 3.63) is 12.2 Å². The fourth-order valence-electron chi connectivity index (χ4n) is 3.87. The highest BCUT2D eigenvalue weighted by atomic mass is 16.1. The van der Waals surface area contributed by atoms with Crippen molar-refractivity contribution in [3.8, 4) is 0 Å². The Bertz CT molecular complexity index is 319. The van der Waals surface area contributed by atoms with Crippen molar-refractivity contribution in [3.63, 3.8) is 0 Å². The van der Waals surface area contributed by atoms with E-state index in [4.69, 9.17) is 0 Å². The molecule has 2 rings (SSSR count). The first kappa shape index (κ1) is 13.6. The van der Waals surface area contributed by atoms with E-state index in [0.717, 1.165) is 24.2 Å². The summed E-state index contributed by atoms with van der Waals surface area (Å²) in [6.45, 7) is 6.18. The highest BCUT2D eigenvalue weighted by Crippen LogP contribution is 2.46. The normalized spacial score (nSPS) is 31.0. The van der Waals surface area contributed by atoms with Gasteiger partial charge < -0.3 is 5.32 Å². The maximum absolute atomic E-state index is 11.4. The van der Waals surface area contributed by atoms with Crippen LogP contribution in [0, 0.1) is 23.7 Å². The molecule has 1 N–H and O–H groups in total. The van der Waals surface area contributed by atoms with Gasteiger partial charge in [0, 0.05) is 13.0 Å². The molecule has 2 unspecified atom stereocenters. The Morgan fingerprint density at radius 3 is 2.44 bits per heavy atom. The number of nitrogens with one attached hydrogen (secondary N) is 1. The molecule has 1 saturated carbocycles. The lowest BCUT2D eigenvalue weighted by Crippen LogP contribution is -2.42. The predicted molar refractivity (Wildman–Crippen MR) is 75.1 cm³/mol. The van der Waals surface area contributed by atoms with Crippen molar-refractivity contribution in [2.45, 2.75) is 58.9 Å². The molecule has 1 amide bonds. The number of rotatable bonds is 6. The second-order valence-electron chi connectivity index (χ2n) is 6.17.